The number of hydrogen-bond donors (Lipinski definition) is 1. The predicted molar refractivity (Wildman–Crippen MR) is 67.0 cm³/mol. The number of aryl methyl sites for hydroxylation is 1. The van der Waals surface area contributed by atoms with Crippen molar-refractivity contribution in [1.29, 1.82) is 0 Å². The van der Waals surface area contributed by atoms with Crippen LogP contribution < -0.4 is 5.32 Å². The van der Waals surface area contributed by atoms with E-state index in [1.54, 1.807) is 19.3 Å². The Balaban J connectivity index is 2.12. The number of carbonyl (C=O) groups is 1. The van der Waals surface area contributed by atoms with E-state index in [0.717, 1.165) is 11.6 Å². The molecule has 0 saturated carbocycles. The molecule has 7 heteroatoms. The van der Waals surface area contributed by atoms with E-state index >= 15 is 0 Å². The molecule has 2 rings (SSSR count). The smallest absolute Gasteiger partial charge is 0.324 e. The molecule has 4 nitrogen and oxygen atoms in total. The van der Waals surface area contributed by atoms with Crippen molar-refractivity contribution in [2.75, 3.05) is 5.32 Å². The second-order valence-corrected chi connectivity index (χ2v) is 4.31. The van der Waals surface area contributed by atoms with Crippen LogP contribution in [0, 0.1) is 6.92 Å². The zero-order chi connectivity index (χ0) is 14.8. The summed E-state index contributed by atoms with van der Waals surface area (Å²) in [7, 11) is 0. The Morgan fingerprint density at radius 2 is 2.05 bits per heavy atom. The van der Waals surface area contributed by atoms with Gasteiger partial charge in [0.25, 0.3) is 0 Å². The SMILES string of the molecule is Cc1cnn(CC(=O)Nc2ccccc2C(F)(F)F)c1. The monoisotopic (exact) mass is 283 g/mol. The van der Waals surface area contributed by atoms with E-state index in [4.69, 9.17) is 0 Å². The standard InChI is InChI=1S/C13H12F3N3O/c1-9-6-17-19(7-9)8-12(20)18-11-5-3-2-4-10(11)13(14,15)16/h2-7H,8H2,1H3,(H,18,20). The largest absolute Gasteiger partial charge is 0.418 e. The van der Waals surface area contributed by atoms with Crippen molar-refractivity contribution in [1.82, 2.24) is 9.78 Å². The zero-order valence-electron chi connectivity index (χ0n) is 10.6. The van der Waals surface area contributed by atoms with E-state index in [0.29, 0.717) is 0 Å². The van der Waals surface area contributed by atoms with Gasteiger partial charge in [-0.3, -0.25) is 9.48 Å². The van der Waals surface area contributed by atoms with Gasteiger partial charge in [-0.05, 0) is 24.6 Å². The Labute approximate surface area is 113 Å². The van der Waals surface area contributed by atoms with Crippen molar-refractivity contribution in [3.8, 4) is 0 Å². The molecule has 0 aliphatic carbocycles. The molecule has 20 heavy (non-hydrogen) atoms. The lowest BCUT2D eigenvalue weighted by molar-refractivity contribution is -0.137. The predicted octanol–water partition coefficient (Wildman–Crippen LogP) is 2.85. The van der Waals surface area contributed by atoms with Gasteiger partial charge in [0.05, 0.1) is 17.4 Å². The summed E-state index contributed by atoms with van der Waals surface area (Å²) < 4.78 is 39.6. The molecule has 0 aliphatic rings. The molecule has 1 aromatic heterocycles. The highest BCUT2D eigenvalue weighted by atomic mass is 19.4. The molecule has 1 amide bonds. The van der Waals surface area contributed by atoms with E-state index in [9.17, 15) is 18.0 Å². The minimum Gasteiger partial charge on any atom is -0.324 e. The van der Waals surface area contributed by atoms with Gasteiger partial charge in [0.1, 0.15) is 6.54 Å². The fraction of sp³-hybridized carbons (Fsp3) is 0.231. The number of nitrogens with one attached hydrogen (secondary N) is 1. The molecule has 1 N–H and O–H groups in total. The maximum atomic E-state index is 12.8. The van der Waals surface area contributed by atoms with Gasteiger partial charge in [0, 0.05) is 6.20 Å². The Bertz CT molecular complexity index is 619. The van der Waals surface area contributed by atoms with Gasteiger partial charge in [-0.1, -0.05) is 12.1 Å². The molecule has 0 unspecified atom stereocenters. The molecule has 0 radical (unpaired) electrons. The van der Waals surface area contributed by atoms with Crippen molar-refractivity contribution >= 4 is 11.6 Å². The minimum absolute atomic E-state index is 0.139. The second-order valence-electron chi connectivity index (χ2n) is 4.31. The van der Waals surface area contributed by atoms with Gasteiger partial charge in [0.2, 0.25) is 5.91 Å². The second kappa shape index (κ2) is 5.36. The van der Waals surface area contributed by atoms with Crippen molar-refractivity contribution in [3.05, 3.63) is 47.8 Å². The molecule has 2 aromatic rings. The number of carbonyl (C=O) groups excluding carboxylic acids is 1. The topological polar surface area (TPSA) is 46.9 Å². The molecule has 0 spiro atoms. The van der Waals surface area contributed by atoms with Crippen LogP contribution in [0.1, 0.15) is 11.1 Å². The Hall–Kier alpha value is -2.31. The van der Waals surface area contributed by atoms with E-state index in [-0.39, 0.29) is 12.2 Å². The van der Waals surface area contributed by atoms with Crippen LogP contribution in [0.3, 0.4) is 0 Å². The highest BCUT2D eigenvalue weighted by molar-refractivity contribution is 5.91. The first kappa shape index (κ1) is 14.1. The zero-order valence-corrected chi connectivity index (χ0v) is 10.6. The maximum Gasteiger partial charge on any atom is 0.418 e. The number of amides is 1. The molecule has 1 heterocycles. The molecule has 106 valence electrons. The average molecular weight is 283 g/mol. The average Bonchev–Trinajstić information content (AvgIpc) is 2.73. The van der Waals surface area contributed by atoms with E-state index in [1.165, 1.54) is 22.9 Å². The number of rotatable bonds is 3. The van der Waals surface area contributed by atoms with Gasteiger partial charge < -0.3 is 5.32 Å². The van der Waals surface area contributed by atoms with Crippen LogP contribution in [-0.2, 0) is 17.5 Å². The van der Waals surface area contributed by atoms with Crippen LogP contribution in [0.15, 0.2) is 36.7 Å². The summed E-state index contributed by atoms with van der Waals surface area (Å²) in [5.74, 6) is -0.565. The van der Waals surface area contributed by atoms with Crippen LogP contribution in [0.2, 0.25) is 0 Å². The molecule has 0 atom stereocenters. The summed E-state index contributed by atoms with van der Waals surface area (Å²) in [6.45, 7) is 1.67. The van der Waals surface area contributed by atoms with Gasteiger partial charge in [-0.2, -0.15) is 18.3 Å². The van der Waals surface area contributed by atoms with E-state index in [2.05, 4.69) is 10.4 Å². The lowest BCUT2D eigenvalue weighted by Crippen LogP contribution is -2.21. The van der Waals surface area contributed by atoms with Crippen molar-refractivity contribution in [2.24, 2.45) is 0 Å². The van der Waals surface area contributed by atoms with Gasteiger partial charge >= 0.3 is 6.18 Å². The molecule has 0 bridgehead atoms. The molecule has 1 aromatic carbocycles. The Morgan fingerprint density at radius 1 is 1.35 bits per heavy atom. The third-order valence-corrected chi connectivity index (χ3v) is 2.57. The van der Waals surface area contributed by atoms with E-state index < -0.39 is 17.6 Å². The normalized spacial score (nSPS) is 11.4. The number of para-hydroxylation sites is 1. The number of halogens is 3. The van der Waals surface area contributed by atoms with Crippen molar-refractivity contribution in [2.45, 2.75) is 19.6 Å². The Kier molecular flexibility index (Phi) is 3.78. The van der Waals surface area contributed by atoms with Crippen LogP contribution >= 0.6 is 0 Å². The summed E-state index contributed by atoms with van der Waals surface area (Å²) in [6, 6.07) is 4.85. The molecule has 0 aliphatic heterocycles. The number of benzene rings is 1. The van der Waals surface area contributed by atoms with Crippen LogP contribution in [0.5, 0.6) is 0 Å². The van der Waals surface area contributed by atoms with Gasteiger partial charge in [-0.25, -0.2) is 0 Å². The highest BCUT2D eigenvalue weighted by Gasteiger charge is 2.33. The maximum absolute atomic E-state index is 12.8. The summed E-state index contributed by atoms with van der Waals surface area (Å²) in [4.78, 5) is 11.7. The number of anilines is 1. The first-order valence-electron chi connectivity index (χ1n) is 5.81. The molecule has 0 fully saturated rings. The summed E-state index contributed by atoms with van der Waals surface area (Å²) in [5, 5.41) is 6.16. The van der Waals surface area contributed by atoms with Crippen molar-refractivity contribution < 1.29 is 18.0 Å². The highest BCUT2D eigenvalue weighted by Crippen LogP contribution is 2.34. The van der Waals surface area contributed by atoms with Crippen LogP contribution in [-0.4, -0.2) is 15.7 Å². The summed E-state index contributed by atoms with van der Waals surface area (Å²) in [6.07, 6.45) is -1.31. The Morgan fingerprint density at radius 3 is 2.65 bits per heavy atom. The summed E-state index contributed by atoms with van der Waals surface area (Å²) in [5.41, 5.74) is -0.257. The number of hydrogen-bond acceptors (Lipinski definition) is 2. The van der Waals surface area contributed by atoms with Gasteiger partial charge in [0.15, 0.2) is 0 Å². The van der Waals surface area contributed by atoms with Crippen LogP contribution in [0.25, 0.3) is 0 Å². The lowest BCUT2D eigenvalue weighted by Gasteiger charge is -2.13. The third kappa shape index (κ3) is 3.37. The number of alkyl halides is 3. The third-order valence-electron chi connectivity index (χ3n) is 2.57. The fourth-order valence-electron chi connectivity index (χ4n) is 1.73. The number of aromatic nitrogens is 2. The first-order valence-corrected chi connectivity index (χ1v) is 5.81. The van der Waals surface area contributed by atoms with Crippen LogP contribution in [0.4, 0.5) is 18.9 Å². The molecule has 0 saturated heterocycles. The number of nitrogens with zero attached hydrogens (tertiary/aromatic N) is 2. The lowest BCUT2D eigenvalue weighted by atomic mass is 10.1. The minimum atomic E-state index is -4.51. The molecular formula is C13H12F3N3O. The fourth-order valence-corrected chi connectivity index (χ4v) is 1.73. The van der Waals surface area contributed by atoms with Crippen molar-refractivity contribution in [3.63, 3.8) is 0 Å². The van der Waals surface area contributed by atoms with E-state index in [1.807, 2.05) is 0 Å². The van der Waals surface area contributed by atoms with Gasteiger partial charge in [-0.15, -0.1) is 0 Å². The molecular weight excluding hydrogens is 271 g/mol. The summed E-state index contributed by atoms with van der Waals surface area (Å²) >= 11 is 0. The quantitative estimate of drug-likeness (QED) is 0.941. The first-order chi connectivity index (χ1) is 9.36.